The first-order chi connectivity index (χ1) is 11.9. The van der Waals surface area contributed by atoms with Crippen LogP contribution in [-0.4, -0.2) is 15.9 Å². The number of para-hydroxylation sites is 1. The van der Waals surface area contributed by atoms with Crippen molar-refractivity contribution >= 4 is 33.4 Å². The number of carbonyl (C=O) groups excluding carboxylic acids is 1. The van der Waals surface area contributed by atoms with Gasteiger partial charge in [-0.15, -0.1) is 0 Å². The van der Waals surface area contributed by atoms with Gasteiger partial charge < -0.3 is 15.3 Å². The number of H-pyrrole nitrogens is 2. The molecule has 126 valence electrons. The first-order valence-electron chi connectivity index (χ1n) is 8.42. The van der Waals surface area contributed by atoms with Gasteiger partial charge in [0, 0.05) is 38.6 Å². The fourth-order valence-corrected chi connectivity index (χ4v) is 3.01. The summed E-state index contributed by atoms with van der Waals surface area (Å²) in [6.07, 6.45) is 0. The summed E-state index contributed by atoms with van der Waals surface area (Å²) < 4.78 is 0. The molecule has 0 radical (unpaired) electrons. The molecular weight excluding hydrogens is 310 g/mol. The molecule has 4 heteroatoms. The van der Waals surface area contributed by atoms with E-state index in [-0.39, 0.29) is 11.3 Å². The van der Waals surface area contributed by atoms with Crippen LogP contribution in [0.2, 0.25) is 0 Å². The molecule has 4 nitrogen and oxygen atoms in total. The molecule has 2 heterocycles. The Kier molecular flexibility index (Phi) is 3.42. The highest BCUT2D eigenvalue weighted by Crippen LogP contribution is 2.27. The van der Waals surface area contributed by atoms with Gasteiger partial charge in [0.25, 0.3) is 5.91 Å². The summed E-state index contributed by atoms with van der Waals surface area (Å²) in [6, 6.07) is 17.8. The van der Waals surface area contributed by atoms with Crippen molar-refractivity contribution in [3.63, 3.8) is 0 Å². The molecule has 4 aromatic rings. The SMILES string of the molecule is CC(C)(C)c1cc2cc(NC(=O)c3cc4ccccc4[nH]3)ccc2[nH]1. The fraction of sp³-hybridized carbons (Fsp3) is 0.190. The van der Waals surface area contributed by atoms with E-state index in [2.05, 4.69) is 42.1 Å². The Hall–Kier alpha value is -3.01. The van der Waals surface area contributed by atoms with Gasteiger partial charge in [-0.25, -0.2) is 0 Å². The minimum absolute atomic E-state index is 0.0623. The van der Waals surface area contributed by atoms with Crippen LogP contribution < -0.4 is 5.32 Å². The van der Waals surface area contributed by atoms with Gasteiger partial charge in [0.1, 0.15) is 5.69 Å². The Bertz CT molecular complexity index is 1050. The number of hydrogen-bond donors (Lipinski definition) is 3. The van der Waals surface area contributed by atoms with Gasteiger partial charge in [-0.05, 0) is 36.4 Å². The number of nitrogens with one attached hydrogen (secondary N) is 3. The number of carbonyl (C=O) groups is 1. The van der Waals surface area contributed by atoms with Crippen LogP contribution in [0.25, 0.3) is 21.8 Å². The number of fused-ring (bicyclic) bond motifs is 2. The van der Waals surface area contributed by atoms with Gasteiger partial charge >= 0.3 is 0 Å². The van der Waals surface area contributed by atoms with Crippen molar-refractivity contribution in [2.24, 2.45) is 0 Å². The van der Waals surface area contributed by atoms with Crippen LogP contribution >= 0.6 is 0 Å². The van der Waals surface area contributed by atoms with E-state index in [9.17, 15) is 4.79 Å². The zero-order valence-corrected chi connectivity index (χ0v) is 14.6. The van der Waals surface area contributed by atoms with Gasteiger partial charge in [0.2, 0.25) is 0 Å². The van der Waals surface area contributed by atoms with Crippen LogP contribution in [0.3, 0.4) is 0 Å². The van der Waals surface area contributed by atoms with Crippen molar-refractivity contribution in [3.05, 3.63) is 66.0 Å². The highest BCUT2D eigenvalue weighted by molar-refractivity contribution is 6.06. The third kappa shape index (κ3) is 2.91. The molecule has 0 unspecified atom stereocenters. The van der Waals surface area contributed by atoms with Crippen molar-refractivity contribution in [3.8, 4) is 0 Å². The lowest BCUT2D eigenvalue weighted by atomic mass is 9.92. The predicted octanol–water partition coefficient (Wildman–Crippen LogP) is 5.20. The van der Waals surface area contributed by atoms with Gasteiger partial charge in [0.05, 0.1) is 0 Å². The molecule has 2 aromatic carbocycles. The zero-order chi connectivity index (χ0) is 17.6. The summed E-state index contributed by atoms with van der Waals surface area (Å²) in [5.41, 5.74) is 4.63. The van der Waals surface area contributed by atoms with Crippen molar-refractivity contribution in [1.29, 1.82) is 0 Å². The third-order valence-corrected chi connectivity index (χ3v) is 4.46. The monoisotopic (exact) mass is 331 g/mol. The van der Waals surface area contributed by atoms with Gasteiger partial charge in [0.15, 0.2) is 0 Å². The second-order valence-electron chi connectivity index (χ2n) is 7.46. The molecule has 0 spiro atoms. The molecule has 0 aliphatic carbocycles. The minimum Gasteiger partial charge on any atom is -0.358 e. The summed E-state index contributed by atoms with van der Waals surface area (Å²) in [6.45, 7) is 6.53. The molecule has 4 rings (SSSR count). The van der Waals surface area contributed by atoms with Crippen molar-refractivity contribution in [2.45, 2.75) is 26.2 Å². The number of aromatic nitrogens is 2. The topological polar surface area (TPSA) is 60.7 Å². The van der Waals surface area contributed by atoms with Crippen molar-refractivity contribution in [2.75, 3.05) is 5.32 Å². The number of rotatable bonds is 2. The number of benzene rings is 2. The summed E-state index contributed by atoms with van der Waals surface area (Å²) >= 11 is 0. The van der Waals surface area contributed by atoms with Crippen LogP contribution in [0.1, 0.15) is 37.0 Å². The fourth-order valence-electron chi connectivity index (χ4n) is 3.01. The molecule has 0 bridgehead atoms. The summed E-state index contributed by atoms with van der Waals surface area (Å²) in [7, 11) is 0. The Balaban J connectivity index is 1.62. The predicted molar refractivity (Wildman–Crippen MR) is 103 cm³/mol. The second-order valence-corrected chi connectivity index (χ2v) is 7.46. The molecule has 0 aliphatic rings. The Morgan fingerprint density at radius 3 is 2.40 bits per heavy atom. The number of amides is 1. The minimum atomic E-state index is -0.137. The smallest absolute Gasteiger partial charge is 0.272 e. The molecule has 2 aromatic heterocycles. The zero-order valence-electron chi connectivity index (χ0n) is 14.6. The highest BCUT2D eigenvalue weighted by Gasteiger charge is 2.16. The van der Waals surface area contributed by atoms with Crippen LogP contribution in [0, 0.1) is 0 Å². The maximum atomic E-state index is 12.5. The lowest BCUT2D eigenvalue weighted by Gasteiger charge is -2.15. The molecule has 0 saturated carbocycles. The second kappa shape index (κ2) is 5.52. The molecule has 0 atom stereocenters. The Morgan fingerprint density at radius 2 is 1.64 bits per heavy atom. The summed E-state index contributed by atoms with van der Waals surface area (Å²) in [5, 5.41) is 5.10. The number of anilines is 1. The first-order valence-corrected chi connectivity index (χ1v) is 8.42. The van der Waals surface area contributed by atoms with E-state index >= 15 is 0 Å². The van der Waals surface area contributed by atoms with E-state index in [0.717, 1.165) is 27.5 Å². The average molecular weight is 331 g/mol. The first kappa shape index (κ1) is 15.5. The van der Waals surface area contributed by atoms with Gasteiger partial charge in [-0.2, -0.15) is 0 Å². The summed E-state index contributed by atoms with van der Waals surface area (Å²) in [5.74, 6) is -0.137. The highest BCUT2D eigenvalue weighted by atomic mass is 16.1. The van der Waals surface area contributed by atoms with E-state index < -0.39 is 0 Å². The molecule has 0 fully saturated rings. The molecule has 25 heavy (non-hydrogen) atoms. The summed E-state index contributed by atoms with van der Waals surface area (Å²) in [4.78, 5) is 19.1. The lowest BCUT2D eigenvalue weighted by Crippen LogP contribution is -2.12. The number of hydrogen-bond acceptors (Lipinski definition) is 1. The van der Waals surface area contributed by atoms with Crippen molar-refractivity contribution in [1.82, 2.24) is 9.97 Å². The number of aromatic amines is 2. The standard InChI is InChI=1S/C21H21N3O/c1-21(2,3)19-12-14-10-15(8-9-17(14)24-19)22-20(25)18-11-13-6-4-5-7-16(13)23-18/h4-12,23-24H,1-3H3,(H,22,25). The molecule has 3 N–H and O–H groups in total. The maximum absolute atomic E-state index is 12.5. The lowest BCUT2D eigenvalue weighted by molar-refractivity contribution is 0.102. The van der Waals surface area contributed by atoms with E-state index in [1.54, 1.807) is 0 Å². The van der Waals surface area contributed by atoms with E-state index in [0.29, 0.717) is 5.69 Å². The van der Waals surface area contributed by atoms with Crippen LogP contribution in [0.15, 0.2) is 54.6 Å². The quantitative estimate of drug-likeness (QED) is 0.464. The van der Waals surface area contributed by atoms with Crippen LogP contribution in [0.4, 0.5) is 5.69 Å². The Morgan fingerprint density at radius 1 is 0.880 bits per heavy atom. The normalized spacial score (nSPS) is 12.0. The average Bonchev–Trinajstić information content (AvgIpc) is 3.18. The Labute approximate surface area is 146 Å². The van der Waals surface area contributed by atoms with Crippen molar-refractivity contribution < 1.29 is 4.79 Å². The van der Waals surface area contributed by atoms with E-state index in [1.165, 1.54) is 5.69 Å². The van der Waals surface area contributed by atoms with Crippen LogP contribution in [0.5, 0.6) is 0 Å². The molecule has 1 amide bonds. The molecule has 0 saturated heterocycles. The van der Waals surface area contributed by atoms with Gasteiger partial charge in [-0.3, -0.25) is 4.79 Å². The maximum Gasteiger partial charge on any atom is 0.272 e. The van der Waals surface area contributed by atoms with Crippen LogP contribution in [-0.2, 0) is 5.41 Å². The van der Waals surface area contributed by atoms with E-state index in [4.69, 9.17) is 0 Å². The van der Waals surface area contributed by atoms with Gasteiger partial charge in [-0.1, -0.05) is 39.0 Å². The molecular formula is C21H21N3O. The third-order valence-electron chi connectivity index (χ3n) is 4.46. The largest absolute Gasteiger partial charge is 0.358 e. The van der Waals surface area contributed by atoms with E-state index in [1.807, 2.05) is 48.5 Å². The molecule has 0 aliphatic heterocycles.